The lowest BCUT2D eigenvalue weighted by Gasteiger charge is -2.26. The third kappa shape index (κ3) is 9.01. The third-order valence-electron chi connectivity index (χ3n) is 7.75. The molecule has 47 heavy (non-hydrogen) atoms. The van der Waals surface area contributed by atoms with Crippen LogP contribution in [0.15, 0.2) is 146 Å². The molecule has 0 saturated carbocycles. The molecule has 0 atom stereocenters. The number of benzene rings is 6. The molecule has 2 heteroatoms. The standard InChI is InChI=1S/C40H36N2.C3H8.C2H6/c1-29-5-17-35(18-6-29)41(36-19-7-30(2)8-20-36)39-25-13-33(14-26-39)34-15-27-40(28-16-34)42(37-21-9-31(3)10-22-37)38-23-11-32(4)12-24-38;1-3-2;1-2/h5-28H,1-4H3;3H2,1-2H3;1-2H3. The van der Waals surface area contributed by atoms with Crippen LogP contribution in [0, 0.1) is 27.7 Å². The summed E-state index contributed by atoms with van der Waals surface area (Å²) in [5, 5.41) is 0. The maximum atomic E-state index is 2.31. The van der Waals surface area contributed by atoms with E-state index in [9.17, 15) is 0 Å². The van der Waals surface area contributed by atoms with Gasteiger partial charge in [-0.25, -0.2) is 0 Å². The molecule has 2 nitrogen and oxygen atoms in total. The van der Waals surface area contributed by atoms with Gasteiger partial charge in [0.15, 0.2) is 0 Å². The highest BCUT2D eigenvalue weighted by atomic mass is 15.1. The van der Waals surface area contributed by atoms with Gasteiger partial charge in [-0.1, -0.05) is 129 Å². The molecule has 240 valence electrons. The lowest BCUT2D eigenvalue weighted by Crippen LogP contribution is -2.10. The van der Waals surface area contributed by atoms with E-state index in [-0.39, 0.29) is 0 Å². The van der Waals surface area contributed by atoms with Gasteiger partial charge in [-0.15, -0.1) is 0 Å². The van der Waals surface area contributed by atoms with Crippen molar-refractivity contribution in [2.45, 2.75) is 61.8 Å². The van der Waals surface area contributed by atoms with E-state index >= 15 is 0 Å². The molecule has 0 spiro atoms. The Morgan fingerprint density at radius 3 is 0.617 bits per heavy atom. The van der Waals surface area contributed by atoms with Crippen LogP contribution in [-0.4, -0.2) is 0 Å². The maximum Gasteiger partial charge on any atom is 0.0462 e. The Hall–Kier alpha value is -5.08. The van der Waals surface area contributed by atoms with Crippen LogP contribution in [0.5, 0.6) is 0 Å². The van der Waals surface area contributed by atoms with Crippen molar-refractivity contribution >= 4 is 34.1 Å². The number of nitrogens with zero attached hydrogens (tertiary/aromatic N) is 2. The van der Waals surface area contributed by atoms with Crippen LogP contribution in [0.4, 0.5) is 34.1 Å². The van der Waals surface area contributed by atoms with Gasteiger partial charge in [0.05, 0.1) is 0 Å². The largest absolute Gasteiger partial charge is 0.311 e. The van der Waals surface area contributed by atoms with Crippen LogP contribution in [0.3, 0.4) is 0 Å². The van der Waals surface area contributed by atoms with E-state index in [4.69, 9.17) is 0 Å². The van der Waals surface area contributed by atoms with Crippen molar-refractivity contribution in [3.8, 4) is 11.1 Å². The molecular formula is C45H50N2. The zero-order chi connectivity index (χ0) is 33.8. The fourth-order valence-corrected chi connectivity index (χ4v) is 5.28. The number of aryl methyl sites for hydroxylation is 4. The molecule has 0 aliphatic carbocycles. The second-order valence-electron chi connectivity index (χ2n) is 11.8. The quantitative estimate of drug-likeness (QED) is 0.176. The van der Waals surface area contributed by atoms with Gasteiger partial charge >= 0.3 is 0 Å². The van der Waals surface area contributed by atoms with Crippen molar-refractivity contribution in [1.82, 2.24) is 0 Å². The summed E-state index contributed by atoms with van der Waals surface area (Å²) in [7, 11) is 0. The van der Waals surface area contributed by atoms with Gasteiger partial charge in [0.1, 0.15) is 0 Å². The van der Waals surface area contributed by atoms with Crippen LogP contribution in [0.25, 0.3) is 11.1 Å². The fraction of sp³-hybridized carbons (Fsp3) is 0.200. The molecule has 0 fully saturated rings. The molecule has 0 amide bonds. The van der Waals surface area contributed by atoms with Crippen molar-refractivity contribution < 1.29 is 0 Å². The molecule has 0 saturated heterocycles. The Morgan fingerprint density at radius 2 is 0.447 bits per heavy atom. The van der Waals surface area contributed by atoms with Gasteiger partial charge in [0.25, 0.3) is 0 Å². The molecule has 0 radical (unpaired) electrons. The Bertz CT molecular complexity index is 1540. The summed E-state index contributed by atoms with van der Waals surface area (Å²) in [5.41, 5.74) is 14.3. The van der Waals surface area contributed by atoms with E-state index in [2.05, 4.69) is 197 Å². The molecule has 6 rings (SSSR count). The molecule has 0 N–H and O–H groups in total. The van der Waals surface area contributed by atoms with Crippen LogP contribution < -0.4 is 9.80 Å². The Balaban J connectivity index is 0.000000947. The van der Waals surface area contributed by atoms with E-state index in [1.807, 2.05) is 13.8 Å². The van der Waals surface area contributed by atoms with Crippen molar-refractivity contribution in [2.24, 2.45) is 0 Å². The SMILES string of the molecule is CC.CCC.Cc1ccc(N(c2ccc(C)cc2)c2ccc(-c3ccc(N(c4ccc(C)cc4)c4ccc(C)cc4)cc3)cc2)cc1. The molecular weight excluding hydrogens is 569 g/mol. The van der Waals surface area contributed by atoms with E-state index in [0.717, 1.165) is 34.1 Å². The lowest BCUT2D eigenvalue weighted by atomic mass is 10.0. The predicted octanol–water partition coefficient (Wildman–Crippen LogP) is 14.0. The van der Waals surface area contributed by atoms with Crippen molar-refractivity contribution in [3.05, 3.63) is 168 Å². The summed E-state index contributed by atoms with van der Waals surface area (Å²) in [6.07, 6.45) is 1.25. The number of rotatable bonds is 7. The molecule has 6 aromatic rings. The third-order valence-corrected chi connectivity index (χ3v) is 7.75. The summed E-state index contributed by atoms with van der Waals surface area (Å²) in [6.45, 7) is 16.8. The van der Waals surface area contributed by atoms with E-state index in [0.29, 0.717) is 0 Å². The predicted molar refractivity (Wildman–Crippen MR) is 208 cm³/mol. The Morgan fingerprint density at radius 1 is 0.298 bits per heavy atom. The zero-order valence-corrected chi connectivity index (χ0v) is 29.5. The molecule has 0 bridgehead atoms. The monoisotopic (exact) mass is 618 g/mol. The summed E-state index contributed by atoms with van der Waals surface area (Å²) in [5.74, 6) is 0. The minimum absolute atomic E-state index is 1.13. The van der Waals surface area contributed by atoms with Gasteiger partial charge in [-0.3, -0.25) is 0 Å². The molecule has 0 aliphatic rings. The zero-order valence-electron chi connectivity index (χ0n) is 29.5. The van der Waals surface area contributed by atoms with Crippen LogP contribution in [-0.2, 0) is 0 Å². The highest BCUT2D eigenvalue weighted by Crippen LogP contribution is 2.38. The van der Waals surface area contributed by atoms with Crippen LogP contribution in [0.1, 0.15) is 56.4 Å². The second-order valence-corrected chi connectivity index (χ2v) is 11.8. The smallest absolute Gasteiger partial charge is 0.0462 e. The van der Waals surface area contributed by atoms with Crippen LogP contribution in [0.2, 0.25) is 0 Å². The molecule has 0 unspecified atom stereocenters. The average Bonchev–Trinajstić information content (AvgIpc) is 3.10. The van der Waals surface area contributed by atoms with Gasteiger partial charge in [0, 0.05) is 34.1 Å². The van der Waals surface area contributed by atoms with Gasteiger partial charge in [-0.05, 0) is 112 Å². The minimum atomic E-state index is 1.13. The summed E-state index contributed by atoms with van der Waals surface area (Å²) in [6, 6.07) is 52.6. The topological polar surface area (TPSA) is 6.48 Å². The van der Waals surface area contributed by atoms with Gasteiger partial charge in [0.2, 0.25) is 0 Å². The first kappa shape index (κ1) is 34.8. The number of anilines is 6. The molecule has 0 aliphatic heterocycles. The fourth-order valence-electron chi connectivity index (χ4n) is 5.28. The first-order valence-corrected chi connectivity index (χ1v) is 16.9. The number of hydrogen-bond donors (Lipinski definition) is 0. The summed E-state index contributed by atoms with van der Waals surface area (Å²) < 4.78 is 0. The Kier molecular flexibility index (Phi) is 12.6. The van der Waals surface area contributed by atoms with Crippen molar-refractivity contribution in [3.63, 3.8) is 0 Å². The van der Waals surface area contributed by atoms with Crippen molar-refractivity contribution in [1.29, 1.82) is 0 Å². The van der Waals surface area contributed by atoms with Crippen LogP contribution >= 0.6 is 0 Å². The summed E-state index contributed by atoms with van der Waals surface area (Å²) in [4.78, 5) is 4.62. The highest BCUT2D eigenvalue weighted by Gasteiger charge is 2.14. The maximum absolute atomic E-state index is 2.31. The highest BCUT2D eigenvalue weighted by molar-refractivity contribution is 5.80. The van der Waals surface area contributed by atoms with Gasteiger partial charge in [-0.2, -0.15) is 0 Å². The average molecular weight is 619 g/mol. The molecule has 6 aromatic carbocycles. The number of hydrogen-bond acceptors (Lipinski definition) is 2. The van der Waals surface area contributed by atoms with E-state index < -0.39 is 0 Å². The summed E-state index contributed by atoms with van der Waals surface area (Å²) >= 11 is 0. The van der Waals surface area contributed by atoms with E-state index in [1.165, 1.54) is 39.8 Å². The lowest BCUT2D eigenvalue weighted by molar-refractivity contribution is 1.09. The first-order valence-electron chi connectivity index (χ1n) is 16.9. The normalized spacial score (nSPS) is 10.2. The first-order chi connectivity index (χ1) is 22.9. The minimum Gasteiger partial charge on any atom is -0.311 e. The van der Waals surface area contributed by atoms with E-state index in [1.54, 1.807) is 0 Å². The second kappa shape index (κ2) is 17.0. The van der Waals surface area contributed by atoms with Gasteiger partial charge < -0.3 is 9.80 Å². The molecule has 0 heterocycles. The molecule has 0 aromatic heterocycles. The van der Waals surface area contributed by atoms with Crippen molar-refractivity contribution in [2.75, 3.05) is 9.80 Å². The Labute approximate surface area is 284 Å².